The zero-order valence-electron chi connectivity index (χ0n) is 8.42. The molecule has 0 aliphatic rings. The third-order valence-corrected chi connectivity index (χ3v) is 1.81. The lowest BCUT2D eigenvalue weighted by Crippen LogP contribution is -2.02. The van der Waals surface area contributed by atoms with Gasteiger partial charge in [-0.3, -0.25) is 4.79 Å². The third kappa shape index (κ3) is 9.12. The van der Waals surface area contributed by atoms with E-state index in [9.17, 15) is 4.79 Å². The minimum Gasteiger partial charge on any atom is -0.466 e. The van der Waals surface area contributed by atoms with Gasteiger partial charge in [-0.1, -0.05) is 25.5 Å². The van der Waals surface area contributed by atoms with E-state index in [0.717, 1.165) is 32.1 Å². The summed E-state index contributed by atoms with van der Waals surface area (Å²) >= 11 is 0. The SMILES string of the molecule is [CH]=CCCCCCCC(=O)OCC. The van der Waals surface area contributed by atoms with Gasteiger partial charge in [-0.25, -0.2) is 0 Å². The van der Waals surface area contributed by atoms with Crippen LogP contribution in [0.4, 0.5) is 0 Å². The van der Waals surface area contributed by atoms with Gasteiger partial charge in [-0.15, -0.1) is 0 Å². The molecule has 0 spiro atoms. The van der Waals surface area contributed by atoms with Gasteiger partial charge in [0.15, 0.2) is 0 Å². The van der Waals surface area contributed by atoms with Crippen molar-refractivity contribution >= 4 is 5.97 Å². The lowest BCUT2D eigenvalue weighted by atomic mass is 10.1. The van der Waals surface area contributed by atoms with Gasteiger partial charge >= 0.3 is 5.97 Å². The highest BCUT2D eigenvalue weighted by molar-refractivity contribution is 5.69. The van der Waals surface area contributed by atoms with E-state index in [0.29, 0.717) is 13.0 Å². The number of esters is 1. The van der Waals surface area contributed by atoms with Crippen molar-refractivity contribution in [2.75, 3.05) is 6.61 Å². The van der Waals surface area contributed by atoms with E-state index in [1.165, 1.54) is 0 Å². The quantitative estimate of drug-likeness (QED) is 0.427. The van der Waals surface area contributed by atoms with Crippen molar-refractivity contribution in [3.05, 3.63) is 12.7 Å². The first-order valence-corrected chi connectivity index (χ1v) is 5.00. The molecule has 0 atom stereocenters. The van der Waals surface area contributed by atoms with Crippen molar-refractivity contribution in [2.45, 2.75) is 45.4 Å². The Balaban J connectivity index is 3.06. The number of ether oxygens (including phenoxy) is 1. The van der Waals surface area contributed by atoms with Gasteiger partial charge in [0.2, 0.25) is 0 Å². The van der Waals surface area contributed by atoms with Crippen LogP contribution in [0.5, 0.6) is 0 Å². The van der Waals surface area contributed by atoms with Crippen molar-refractivity contribution in [1.29, 1.82) is 0 Å². The van der Waals surface area contributed by atoms with Crippen LogP contribution >= 0.6 is 0 Å². The molecule has 1 radical (unpaired) electrons. The van der Waals surface area contributed by atoms with Crippen molar-refractivity contribution in [3.63, 3.8) is 0 Å². The predicted octanol–water partition coefficient (Wildman–Crippen LogP) is 2.88. The maximum absolute atomic E-state index is 10.9. The normalized spacial score (nSPS) is 9.62. The van der Waals surface area contributed by atoms with Crippen LogP contribution in [-0.2, 0) is 9.53 Å². The summed E-state index contributed by atoms with van der Waals surface area (Å²) in [4.78, 5) is 10.9. The molecule has 13 heavy (non-hydrogen) atoms. The Morgan fingerprint density at radius 3 is 2.62 bits per heavy atom. The molecule has 0 aliphatic heterocycles. The first-order valence-electron chi connectivity index (χ1n) is 5.00. The molecule has 0 N–H and O–H groups in total. The zero-order valence-corrected chi connectivity index (χ0v) is 8.42. The Morgan fingerprint density at radius 1 is 1.31 bits per heavy atom. The fraction of sp³-hybridized carbons (Fsp3) is 0.727. The van der Waals surface area contributed by atoms with E-state index in [1.54, 1.807) is 6.08 Å². The van der Waals surface area contributed by atoms with E-state index in [-0.39, 0.29) is 5.97 Å². The first-order chi connectivity index (χ1) is 6.31. The molecule has 0 amide bonds. The van der Waals surface area contributed by atoms with Gasteiger partial charge in [0.1, 0.15) is 0 Å². The molecule has 0 rings (SSSR count). The summed E-state index contributed by atoms with van der Waals surface area (Å²) in [5, 5.41) is 0. The second-order valence-electron chi connectivity index (χ2n) is 2.99. The predicted molar refractivity (Wildman–Crippen MR) is 53.2 cm³/mol. The van der Waals surface area contributed by atoms with Gasteiger partial charge in [0, 0.05) is 6.42 Å². The van der Waals surface area contributed by atoms with Gasteiger partial charge in [0.25, 0.3) is 0 Å². The van der Waals surface area contributed by atoms with Crippen LogP contribution in [-0.4, -0.2) is 12.6 Å². The average molecular weight is 183 g/mol. The Labute approximate surface area is 81.0 Å². The number of allylic oxidation sites excluding steroid dienone is 1. The molecule has 0 unspecified atom stereocenters. The van der Waals surface area contributed by atoms with E-state index < -0.39 is 0 Å². The van der Waals surface area contributed by atoms with E-state index in [4.69, 9.17) is 11.3 Å². The Kier molecular flexibility index (Phi) is 8.73. The number of carbonyl (C=O) groups excluding carboxylic acids is 1. The number of unbranched alkanes of at least 4 members (excludes halogenated alkanes) is 4. The molecular formula is C11H19O2. The maximum atomic E-state index is 10.9. The molecule has 0 bridgehead atoms. The molecular weight excluding hydrogens is 164 g/mol. The number of hydrogen-bond acceptors (Lipinski definition) is 2. The number of carbonyl (C=O) groups is 1. The van der Waals surface area contributed by atoms with E-state index >= 15 is 0 Å². The topological polar surface area (TPSA) is 26.3 Å². The highest BCUT2D eigenvalue weighted by atomic mass is 16.5. The fourth-order valence-electron chi connectivity index (χ4n) is 1.12. The van der Waals surface area contributed by atoms with Crippen molar-refractivity contribution in [2.24, 2.45) is 0 Å². The van der Waals surface area contributed by atoms with Crippen LogP contribution in [0.25, 0.3) is 0 Å². The van der Waals surface area contributed by atoms with Crippen LogP contribution in [0, 0.1) is 6.58 Å². The summed E-state index contributed by atoms with van der Waals surface area (Å²) in [5.41, 5.74) is 0. The van der Waals surface area contributed by atoms with Crippen molar-refractivity contribution in [1.82, 2.24) is 0 Å². The summed E-state index contributed by atoms with van der Waals surface area (Å²) in [7, 11) is 0. The van der Waals surface area contributed by atoms with Gasteiger partial charge in [-0.2, -0.15) is 0 Å². The molecule has 2 nitrogen and oxygen atoms in total. The molecule has 2 heteroatoms. The molecule has 75 valence electrons. The zero-order chi connectivity index (χ0) is 9.94. The second kappa shape index (κ2) is 9.30. The summed E-state index contributed by atoms with van der Waals surface area (Å²) in [6, 6.07) is 0. The molecule has 0 heterocycles. The smallest absolute Gasteiger partial charge is 0.305 e. The van der Waals surface area contributed by atoms with Crippen LogP contribution < -0.4 is 0 Å². The average Bonchev–Trinajstić information content (AvgIpc) is 2.11. The molecule has 0 aromatic rings. The second-order valence-corrected chi connectivity index (χ2v) is 2.99. The summed E-state index contributed by atoms with van der Waals surface area (Å²) in [6.45, 7) is 7.55. The molecule has 0 aliphatic carbocycles. The largest absolute Gasteiger partial charge is 0.466 e. The molecule has 0 aromatic carbocycles. The maximum Gasteiger partial charge on any atom is 0.305 e. The van der Waals surface area contributed by atoms with Gasteiger partial charge in [-0.05, 0) is 26.2 Å². The molecule has 0 saturated carbocycles. The molecule has 0 saturated heterocycles. The lowest BCUT2D eigenvalue weighted by Gasteiger charge is -2.00. The Morgan fingerprint density at radius 2 is 2.00 bits per heavy atom. The van der Waals surface area contributed by atoms with Gasteiger partial charge < -0.3 is 4.74 Å². The Hall–Kier alpha value is -0.790. The van der Waals surface area contributed by atoms with Gasteiger partial charge in [0.05, 0.1) is 6.61 Å². The summed E-state index contributed by atoms with van der Waals surface area (Å²) in [5.74, 6) is -0.0760. The van der Waals surface area contributed by atoms with Crippen LogP contribution in [0.3, 0.4) is 0 Å². The van der Waals surface area contributed by atoms with Crippen LogP contribution in [0.2, 0.25) is 0 Å². The summed E-state index contributed by atoms with van der Waals surface area (Å²) < 4.78 is 4.80. The third-order valence-electron chi connectivity index (χ3n) is 1.81. The van der Waals surface area contributed by atoms with Crippen LogP contribution in [0.15, 0.2) is 6.08 Å². The number of hydrogen-bond donors (Lipinski definition) is 0. The van der Waals surface area contributed by atoms with Crippen molar-refractivity contribution < 1.29 is 9.53 Å². The van der Waals surface area contributed by atoms with Crippen molar-refractivity contribution in [3.8, 4) is 0 Å². The fourth-order valence-corrected chi connectivity index (χ4v) is 1.12. The van der Waals surface area contributed by atoms with Crippen LogP contribution in [0.1, 0.15) is 45.4 Å². The summed E-state index contributed by atoms with van der Waals surface area (Å²) in [6.07, 6.45) is 7.51. The van der Waals surface area contributed by atoms with E-state index in [1.807, 2.05) is 6.92 Å². The highest BCUT2D eigenvalue weighted by Crippen LogP contribution is 2.06. The minimum absolute atomic E-state index is 0.0760. The standard InChI is InChI=1S/C11H19O2/c1-3-5-6-7-8-9-10-11(12)13-4-2/h1,3H,4-10H2,2H3. The monoisotopic (exact) mass is 183 g/mol. The van der Waals surface area contributed by atoms with E-state index in [2.05, 4.69) is 0 Å². The molecule has 0 fully saturated rings. The Bertz CT molecular complexity index is 141. The minimum atomic E-state index is -0.0760. The highest BCUT2D eigenvalue weighted by Gasteiger charge is 1.99. The number of rotatable bonds is 8. The first kappa shape index (κ1) is 12.2. The molecule has 0 aromatic heterocycles. The lowest BCUT2D eigenvalue weighted by molar-refractivity contribution is -0.143.